The van der Waals surface area contributed by atoms with Gasteiger partial charge >= 0.3 is 0 Å². The minimum Gasteiger partial charge on any atom is -0.495 e. The molecule has 1 heterocycles. The number of para-hydroxylation sites is 1. The van der Waals surface area contributed by atoms with Crippen LogP contribution in [-0.2, 0) is 14.8 Å². The van der Waals surface area contributed by atoms with Crippen LogP contribution in [0.5, 0.6) is 11.5 Å². The molecule has 0 spiro atoms. The second-order valence-corrected chi connectivity index (χ2v) is 8.53. The minimum absolute atomic E-state index is 0.0453. The molecule has 1 aliphatic heterocycles. The summed E-state index contributed by atoms with van der Waals surface area (Å²) < 4.78 is 51.2. The molecule has 3 rings (SSSR count). The molecule has 29 heavy (non-hydrogen) atoms. The Hall–Kier alpha value is -2.65. The van der Waals surface area contributed by atoms with E-state index in [2.05, 4.69) is 5.32 Å². The Labute approximate surface area is 169 Å². The first-order valence-electron chi connectivity index (χ1n) is 9.27. The van der Waals surface area contributed by atoms with Crippen molar-refractivity contribution in [3.63, 3.8) is 0 Å². The third-order valence-electron chi connectivity index (χ3n) is 4.59. The number of rotatable bonds is 7. The lowest BCUT2D eigenvalue weighted by Crippen LogP contribution is -2.35. The molecule has 0 saturated carbocycles. The largest absolute Gasteiger partial charge is 0.495 e. The average molecular weight is 422 g/mol. The van der Waals surface area contributed by atoms with Gasteiger partial charge in [0.15, 0.2) is 18.2 Å². The van der Waals surface area contributed by atoms with Crippen molar-refractivity contribution in [1.82, 2.24) is 4.31 Å². The maximum Gasteiger partial charge on any atom is 0.262 e. The SMILES string of the molecule is COc1ccc(S(=O)(=O)N2CCCCC2)cc1NC(=O)COc1ccccc1F. The Morgan fingerprint density at radius 3 is 2.52 bits per heavy atom. The van der Waals surface area contributed by atoms with Crippen LogP contribution >= 0.6 is 0 Å². The van der Waals surface area contributed by atoms with Gasteiger partial charge in [-0.3, -0.25) is 4.79 Å². The first-order valence-corrected chi connectivity index (χ1v) is 10.7. The van der Waals surface area contributed by atoms with E-state index >= 15 is 0 Å². The molecule has 1 fully saturated rings. The molecule has 0 aromatic heterocycles. The van der Waals surface area contributed by atoms with Gasteiger partial charge in [-0.25, -0.2) is 12.8 Å². The number of methoxy groups -OCH3 is 1. The van der Waals surface area contributed by atoms with Crippen LogP contribution in [0.3, 0.4) is 0 Å². The third kappa shape index (κ3) is 5.04. The molecule has 1 amide bonds. The number of benzene rings is 2. The predicted molar refractivity (Wildman–Crippen MR) is 106 cm³/mol. The van der Waals surface area contributed by atoms with Crippen molar-refractivity contribution < 1.29 is 27.1 Å². The summed E-state index contributed by atoms with van der Waals surface area (Å²) in [5.74, 6) is -0.885. The van der Waals surface area contributed by atoms with Crippen molar-refractivity contribution in [1.29, 1.82) is 0 Å². The summed E-state index contributed by atoms with van der Waals surface area (Å²) >= 11 is 0. The summed E-state index contributed by atoms with van der Waals surface area (Å²) in [6, 6.07) is 10.1. The molecule has 0 aliphatic carbocycles. The number of ether oxygens (including phenoxy) is 2. The zero-order chi connectivity index (χ0) is 20.9. The number of hydrogen-bond donors (Lipinski definition) is 1. The Bertz CT molecular complexity index is 975. The van der Waals surface area contributed by atoms with Gasteiger partial charge in [0.2, 0.25) is 10.0 Å². The van der Waals surface area contributed by atoms with E-state index < -0.39 is 28.4 Å². The highest BCUT2D eigenvalue weighted by atomic mass is 32.2. The molecule has 0 unspecified atom stereocenters. The van der Waals surface area contributed by atoms with Crippen LogP contribution in [-0.4, -0.2) is 45.4 Å². The van der Waals surface area contributed by atoms with Crippen molar-refractivity contribution in [2.24, 2.45) is 0 Å². The summed E-state index contributed by atoms with van der Waals surface area (Å²) in [6.45, 7) is 0.520. The van der Waals surface area contributed by atoms with Gasteiger partial charge in [-0.2, -0.15) is 4.31 Å². The fourth-order valence-electron chi connectivity index (χ4n) is 3.09. The number of nitrogens with zero attached hydrogens (tertiary/aromatic N) is 1. The number of hydrogen-bond acceptors (Lipinski definition) is 5. The molecule has 1 aliphatic rings. The van der Waals surface area contributed by atoms with E-state index in [-0.39, 0.29) is 16.3 Å². The van der Waals surface area contributed by atoms with Crippen LogP contribution in [0.25, 0.3) is 0 Å². The lowest BCUT2D eigenvalue weighted by molar-refractivity contribution is -0.118. The van der Waals surface area contributed by atoms with Crippen molar-refractivity contribution in [2.75, 3.05) is 32.1 Å². The van der Waals surface area contributed by atoms with Gasteiger partial charge in [0, 0.05) is 13.1 Å². The summed E-state index contributed by atoms with van der Waals surface area (Å²) in [5.41, 5.74) is 0.202. The van der Waals surface area contributed by atoms with E-state index in [0.717, 1.165) is 19.3 Å². The van der Waals surface area contributed by atoms with Crippen LogP contribution in [0, 0.1) is 5.82 Å². The molecular weight excluding hydrogens is 399 g/mol. The second kappa shape index (κ2) is 9.23. The number of carbonyl (C=O) groups is 1. The van der Waals surface area contributed by atoms with Crippen LogP contribution in [0.15, 0.2) is 47.4 Å². The van der Waals surface area contributed by atoms with Crippen LogP contribution in [0.1, 0.15) is 19.3 Å². The summed E-state index contributed by atoms with van der Waals surface area (Å²) in [7, 11) is -2.24. The van der Waals surface area contributed by atoms with Gasteiger partial charge in [0.05, 0.1) is 17.7 Å². The van der Waals surface area contributed by atoms with E-state index in [1.807, 2.05) is 0 Å². The number of halogens is 1. The zero-order valence-corrected chi connectivity index (χ0v) is 16.9. The molecule has 0 bridgehead atoms. The molecule has 7 nitrogen and oxygen atoms in total. The molecule has 1 N–H and O–H groups in total. The number of piperidine rings is 1. The molecule has 2 aromatic carbocycles. The van der Waals surface area contributed by atoms with E-state index in [4.69, 9.17) is 9.47 Å². The highest BCUT2D eigenvalue weighted by Gasteiger charge is 2.27. The maximum atomic E-state index is 13.6. The molecule has 0 radical (unpaired) electrons. The van der Waals surface area contributed by atoms with Gasteiger partial charge in [0.25, 0.3) is 5.91 Å². The van der Waals surface area contributed by atoms with E-state index in [0.29, 0.717) is 18.8 Å². The lowest BCUT2D eigenvalue weighted by Gasteiger charge is -2.26. The fraction of sp³-hybridized carbons (Fsp3) is 0.350. The van der Waals surface area contributed by atoms with Gasteiger partial charge in [-0.05, 0) is 43.2 Å². The first-order chi connectivity index (χ1) is 13.9. The monoisotopic (exact) mass is 422 g/mol. The number of carbonyl (C=O) groups excluding carboxylic acids is 1. The van der Waals surface area contributed by atoms with Crippen LogP contribution < -0.4 is 14.8 Å². The number of anilines is 1. The van der Waals surface area contributed by atoms with Gasteiger partial charge in [-0.15, -0.1) is 0 Å². The van der Waals surface area contributed by atoms with E-state index in [1.54, 1.807) is 6.07 Å². The number of nitrogens with one attached hydrogen (secondary N) is 1. The van der Waals surface area contributed by atoms with Gasteiger partial charge < -0.3 is 14.8 Å². The average Bonchev–Trinajstić information content (AvgIpc) is 2.73. The topological polar surface area (TPSA) is 84.9 Å². The number of amides is 1. The second-order valence-electron chi connectivity index (χ2n) is 6.59. The molecule has 0 atom stereocenters. The summed E-state index contributed by atoms with van der Waals surface area (Å²) in [4.78, 5) is 12.3. The van der Waals surface area contributed by atoms with Crippen molar-refractivity contribution >= 4 is 21.6 Å². The normalized spacial score (nSPS) is 15.0. The van der Waals surface area contributed by atoms with E-state index in [1.165, 1.54) is 47.8 Å². The summed E-state index contributed by atoms with van der Waals surface area (Å²) in [6.07, 6.45) is 2.66. The highest BCUT2D eigenvalue weighted by Crippen LogP contribution is 2.30. The first kappa shape index (κ1) is 21.1. The molecule has 156 valence electrons. The van der Waals surface area contributed by atoms with Crippen molar-refractivity contribution in [3.8, 4) is 11.5 Å². The van der Waals surface area contributed by atoms with Crippen LogP contribution in [0.2, 0.25) is 0 Å². The maximum absolute atomic E-state index is 13.6. The standard InChI is InChI=1S/C20H23FN2O5S/c1-27-19-10-9-15(29(25,26)23-11-5-2-6-12-23)13-17(19)22-20(24)14-28-18-8-4-3-7-16(18)21/h3-4,7-10,13H,2,5-6,11-12,14H2,1H3,(H,22,24). The van der Waals surface area contributed by atoms with Gasteiger partial charge in [0.1, 0.15) is 5.75 Å². The Morgan fingerprint density at radius 1 is 1.10 bits per heavy atom. The fourth-order valence-corrected chi connectivity index (χ4v) is 4.63. The van der Waals surface area contributed by atoms with Crippen molar-refractivity contribution in [2.45, 2.75) is 24.2 Å². The minimum atomic E-state index is -3.66. The lowest BCUT2D eigenvalue weighted by atomic mass is 10.2. The highest BCUT2D eigenvalue weighted by molar-refractivity contribution is 7.89. The zero-order valence-electron chi connectivity index (χ0n) is 16.1. The Balaban J connectivity index is 1.75. The molecule has 9 heteroatoms. The molecule has 2 aromatic rings. The van der Waals surface area contributed by atoms with Gasteiger partial charge in [-0.1, -0.05) is 18.6 Å². The predicted octanol–water partition coefficient (Wildman–Crippen LogP) is 3.03. The Kier molecular flexibility index (Phi) is 6.71. The van der Waals surface area contributed by atoms with Crippen LogP contribution in [0.4, 0.5) is 10.1 Å². The molecular formula is C20H23FN2O5S. The number of sulfonamides is 1. The Morgan fingerprint density at radius 2 is 1.83 bits per heavy atom. The summed E-state index contributed by atoms with van der Waals surface area (Å²) in [5, 5.41) is 2.57. The molecule has 1 saturated heterocycles. The van der Waals surface area contributed by atoms with E-state index in [9.17, 15) is 17.6 Å². The third-order valence-corrected chi connectivity index (χ3v) is 6.49. The quantitative estimate of drug-likeness (QED) is 0.741. The van der Waals surface area contributed by atoms with Crippen molar-refractivity contribution in [3.05, 3.63) is 48.3 Å². The smallest absolute Gasteiger partial charge is 0.262 e.